The van der Waals surface area contributed by atoms with Gasteiger partial charge in [0.1, 0.15) is 5.54 Å². The molecule has 18 heavy (non-hydrogen) atoms. The van der Waals surface area contributed by atoms with E-state index in [9.17, 15) is 13.2 Å². The van der Waals surface area contributed by atoms with Crippen molar-refractivity contribution in [3.05, 3.63) is 0 Å². The van der Waals surface area contributed by atoms with Crippen molar-refractivity contribution < 1.29 is 17.9 Å². The SMILES string of the molecule is COC(=O)C(C)(C)NS(=O)(=O)N1CCC[C@@H](C)C1. The summed E-state index contributed by atoms with van der Waals surface area (Å²) in [7, 11) is -2.41. The lowest BCUT2D eigenvalue weighted by Crippen LogP contribution is -2.56. The van der Waals surface area contributed by atoms with Crippen molar-refractivity contribution in [1.29, 1.82) is 0 Å². The zero-order valence-electron chi connectivity index (χ0n) is 11.4. The molecule has 1 atom stereocenters. The molecule has 0 aromatic heterocycles. The summed E-state index contributed by atoms with van der Waals surface area (Å²) in [5.74, 6) is -0.257. The molecular formula is C11H22N2O4S. The molecule has 6 nitrogen and oxygen atoms in total. The number of ether oxygens (including phenoxy) is 1. The molecule has 1 fully saturated rings. The van der Waals surface area contributed by atoms with Crippen molar-refractivity contribution in [2.75, 3.05) is 20.2 Å². The van der Waals surface area contributed by atoms with Crippen LogP contribution < -0.4 is 4.72 Å². The van der Waals surface area contributed by atoms with Gasteiger partial charge in [0.05, 0.1) is 7.11 Å². The van der Waals surface area contributed by atoms with Gasteiger partial charge in [0.25, 0.3) is 10.2 Å². The van der Waals surface area contributed by atoms with E-state index in [2.05, 4.69) is 9.46 Å². The van der Waals surface area contributed by atoms with E-state index in [4.69, 9.17) is 0 Å². The summed E-state index contributed by atoms with van der Waals surface area (Å²) in [6.45, 7) is 5.99. The molecule has 0 radical (unpaired) electrons. The topological polar surface area (TPSA) is 75.7 Å². The lowest BCUT2D eigenvalue weighted by molar-refractivity contribution is -0.146. The maximum Gasteiger partial charge on any atom is 0.326 e. The Balaban J connectivity index is 2.78. The summed E-state index contributed by atoms with van der Waals surface area (Å²) in [4.78, 5) is 11.5. The lowest BCUT2D eigenvalue weighted by Gasteiger charge is -2.33. The average molecular weight is 278 g/mol. The van der Waals surface area contributed by atoms with Gasteiger partial charge >= 0.3 is 5.97 Å². The second kappa shape index (κ2) is 5.54. The maximum atomic E-state index is 12.2. The van der Waals surface area contributed by atoms with E-state index in [1.54, 1.807) is 0 Å². The minimum absolute atomic E-state index is 0.344. The number of carbonyl (C=O) groups excluding carboxylic acids is 1. The molecule has 0 spiro atoms. The number of rotatable bonds is 4. The number of hydrogen-bond donors (Lipinski definition) is 1. The number of methoxy groups -OCH3 is 1. The fourth-order valence-electron chi connectivity index (χ4n) is 2.05. The maximum absolute atomic E-state index is 12.2. The Morgan fingerprint density at radius 2 is 2.06 bits per heavy atom. The van der Waals surface area contributed by atoms with E-state index in [-0.39, 0.29) is 0 Å². The first kappa shape index (κ1) is 15.4. The number of nitrogens with zero attached hydrogens (tertiary/aromatic N) is 1. The molecular weight excluding hydrogens is 256 g/mol. The van der Waals surface area contributed by atoms with Crippen LogP contribution in [0.5, 0.6) is 0 Å². The smallest absolute Gasteiger partial charge is 0.326 e. The Bertz CT molecular complexity index is 405. The summed E-state index contributed by atoms with van der Waals surface area (Å²) in [5, 5.41) is 0. The van der Waals surface area contributed by atoms with Crippen LogP contribution in [0.1, 0.15) is 33.6 Å². The highest BCUT2D eigenvalue weighted by Crippen LogP contribution is 2.19. The van der Waals surface area contributed by atoms with Gasteiger partial charge < -0.3 is 4.74 Å². The molecule has 0 saturated carbocycles. The van der Waals surface area contributed by atoms with Gasteiger partial charge in [-0.3, -0.25) is 4.79 Å². The van der Waals surface area contributed by atoms with E-state index in [1.807, 2.05) is 6.92 Å². The Kier molecular flexibility index (Phi) is 4.74. The third kappa shape index (κ3) is 3.66. The minimum atomic E-state index is -3.65. The normalized spacial score (nSPS) is 22.8. The zero-order valence-corrected chi connectivity index (χ0v) is 12.2. The largest absolute Gasteiger partial charge is 0.468 e. The van der Waals surface area contributed by atoms with Crippen molar-refractivity contribution in [3.8, 4) is 0 Å². The summed E-state index contributed by atoms with van der Waals surface area (Å²) in [6.07, 6.45) is 1.88. The first-order valence-electron chi connectivity index (χ1n) is 6.06. The van der Waals surface area contributed by atoms with Gasteiger partial charge in [0.15, 0.2) is 0 Å². The van der Waals surface area contributed by atoms with E-state index >= 15 is 0 Å². The summed E-state index contributed by atoms with van der Waals surface area (Å²) in [6, 6.07) is 0. The molecule has 1 aliphatic heterocycles. The Morgan fingerprint density at radius 1 is 1.44 bits per heavy atom. The molecule has 0 unspecified atom stereocenters. The van der Waals surface area contributed by atoms with Crippen LogP contribution in [-0.4, -0.2) is 44.4 Å². The van der Waals surface area contributed by atoms with Gasteiger partial charge in [0.2, 0.25) is 0 Å². The number of piperidine rings is 1. The van der Waals surface area contributed by atoms with Crippen LogP contribution in [0.3, 0.4) is 0 Å². The molecule has 0 aliphatic carbocycles. The average Bonchev–Trinajstić information content (AvgIpc) is 2.26. The predicted octanol–water partition coefficient (Wildman–Crippen LogP) is 0.504. The Hall–Kier alpha value is -0.660. The van der Waals surface area contributed by atoms with E-state index < -0.39 is 21.7 Å². The van der Waals surface area contributed by atoms with Crippen LogP contribution >= 0.6 is 0 Å². The third-order valence-electron chi connectivity index (χ3n) is 3.04. The fraction of sp³-hybridized carbons (Fsp3) is 0.909. The summed E-state index contributed by atoms with van der Waals surface area (Å²) < 4.78 is 32.7. The van der Waals surface area contributed by atoms with Gasteiger partial charge in [-0.2, -0.15) is 17.4 Å². The predicted molar refractivity (Wildman–Crippen MR) is 68.1 cm³/mol. The van der Waals surface area contributed by atoms with Crippen molar-refractivity contribution in [2.24, 2.45) is 5.92 Å². The van der Waals surface area contributed by atoms with E-state index in [0.717, 1.165) is 12.8 Å². The second-order valence-electron chi connectivity index (χ2n) is 5.33. The quantitative estimate of drug-likeness (QED) is 0.760. The first-order valence-corrected chi connectivity index (χ1v) is 7.50. The van der Waals surface area contributed by atoms with Crippen LogP contribution in [0.4, 0.5) is 0 Å². The lowest BCUT2D eigenvalue weighted by atomic mass is 10.0. The van der Waals surface area contributed by atoms with Crippen LogP contribution in [0.2, 0.25) is 0 Å². The Morgan fingerprint density at radius 3 is 2.56 bits per heavy atom. The van der Waals surface area contributed by atoms with Gasteiger partial charge in [-0.15, -0.1) is 0 Å². The molecule has 1 heterocycles. The zero-order chi connectivity index (χ0) is 14.0. The standard InChI is InChI=1S/C11H22N2O4S/c1-9-6-5-7-13(8-9)18(15,16)12-11(2,3)10(14)17-4/h9,12H,5-8H2,1-4H3/t9-/m1/s1. The monoisotopic (exact) mass is 278 g/mol. The molecule has 0 aromatic carbocycles. The molecule has 106 valence electrons. The van der Waals surface area contributed by atoms with Gasteiger partial charge in [-0.1, -0.05) is 6.92 Å². The minimum Gasteiger partial charge on any atom is -0.468 e. The van der Waals surface area contributed by atoms with Crippen LogP contribution in [0.15, 0.2) is 0 Å². The number of esters is 1. The third-order valence-corrected chi connectivity index (χ3v) is 4.82. The second-order valence-corrected chi connectivity index (χ2v) is 7.00. The van der Waals surface area contributed by atoms with Crippen LogP contribution in [-0.2, 0) is 19.7 Å². The van der Waals surface area contributed by atoms with Crippen molar-refractivity contribution in [2.45, 2.75) is 39.2 Å². The Labute approximate surface area is 109 Å². The molecule has 1 rings (SSSR count). The molecule has 1 saturated heterocycles. The molecule has 0 bridgehead atoms. The van der Waals surface area contributed by atoms with Gasteiger partial charge in [-0.25, -0.2) is 0 Å². The molecule has 1 aliphatic rings. The summed E-state index contributed by atoms with van der Waals surface area (Å²) in [5.41, 5.74) is -1.26. The number of nitrogens with one attached hydrogen (secondary N) is 1. The molecule has 0 aromatic rings. The highest BCUT2D eigenvalue weighted by Gasteiger charge is 2.37. The highest BCUT2D eigenvalue weighted by molar-refractivity contribution is 7.87. The van der Waals surface area contributed by atoms with E-state index in [0.29, 0.717) is 19.0 Å². The molecule has 1 N–H and O–H groups in total. The fourth-order valence-corrected chi connectivity index (χ4v) is 3.73. The van der Waals surface area contributed by atoms with E-state index in [1.165, 1.54) is 25.3 Å². The van der Waals surface area contributed by atoms with Gasteiger partial charge in [0, 0.05) is 13.1 Å². The number of hydrogen-bond acceptors (Lipinski definition) is 4. The first-order chi connectivity index (χ1) is 8.19. The molecule has 7 heteroatoms. The van der Waals surface area contributed by atoms with Crippen molar-refractivity contribution in [1.82, 2.24) is 9.03 Å². The summed E-state index contributed by atoms with van der Waals surface area (Å²) >= 11 is 0. The van der Waals surface area contributed by atoms with Crippen LogP contribution in [0, 0.1) is 5.92 Å². The highest BCUT2D eigenvalue weighted by atomic mass is 32.2. The number of carbonyl (C=O) groups is 1. The van der Waals surface area contributed by atoms with Gasteiger partial charge in [-0.05, 0) is 32.6 Å². The van der Waals surface area contributed by atoms with Crippen molar-refractivity contribution in [3.63, 3.8) is 0 Å². The van der Waals surface area contributed by atoms with Crippen molar-refractivity contribution >= 4 is 16.2 Å². The van der Waals surface area contributed by atoms with Crippen LogP contribution in [0.25, 0.3) is 0 Å². The molecule has 0 amide bonds.